The Morgan fingerprint density at radius 3 is 2.49 bits per heavy atom. The molecule has 1 aliphatic rings. The standard InChI is InChI=1S/C29H30FN3O2/c1-35-27-11-9-25(10-12-27)31-29(34)22-13-15-32(16-14-22)20-26-18-23-6-2-3-8-28(23)33(26)19-21-5-4-7-24(30)17-21/h2-12,17-18,22H,13-16,19-20H2,1H3,(H,31,34). The Morgan fingerprint density at radius 1 is 0.971 bits per heavy atom. The van der Waals surface area contributed by atoms with Crippen LogP contribution in [0.25, 0.3) is 10.9 Å². The van der Waals surface area contributed by atoms with Gasteiger partial charge in [-0.3, -0.25) is 9.69 Å². The van der Waals surface area contributed by atoms with Gasteiger partial charge in [-0.25, -0.2) is 4.39 Å². The van der Waals surface area contributed by atoms with E-state index in [1.54, 1.807) is 19.2 Å². The number of benzene rings is 3. The van der Waals surface area contributed by atoms with Crippen LogP contribution in [0.15, 0.2) is 78.9 Å². The first-order valence-electron chi connectivity index (χ1n) is 12.1. The van der Waals surface area contributed by atoms with Gasteiger partial charge in [0.1, 0.15) is 11.6 Å². The third kappa shape index (κ3) is 5.38. The van der Waals surface area contributed by atoms with Crippen LogP contribution in [0.2, 0.25) is 0 Å². The van der Waals surface area contributed by atoms with Gasteiger partial charge >= 0.3 is 0 Å². The third-order valence-corrected chi connectivity index (χ3v) is 6.83. The van der Waals surface area contributed by atoms with Crippen LogP contribution in [0, 0.1) is 11.7 Å². The summed E-state index contributed by atoms with van der Waals surface area (Å²) in [6.45, 7) is 3.16. The van der Waals surface area contributed by atoms with E-state index < -0.39 is 0 Å². The molecule has 180 valence electrons. The average molecular weight is 472 g/mol. The minimum atomic E-state index is -0.212. The number of aromatic nitrogens is 1. The lowest BCUT2D eigenvalue weighted by Gasteiger charge is -2.31. The quantitative estimate of drug-likeness (QED) is 0.377. The molecule has 1 fully saturated rings. The maximum atomic E-state index is 13.8. The van der Waals surface area contributed by atoms with Crippen molar-refractivity contribution in [2.75, 3.05) is 25.5 Å². The first-order chi connectivity index (χ1) is 17.1. The highest BCUT2D eigenvalue weighted by Gasteiger charge is 2.26. The molecule has 0 unspecified atom stereocenters. The van der Waals surface area contributed by atoms with Gasteiger partial charge in [0.15, 0.2) is 0 Å². The minimum Gasteiger partial charge on any atom is -0.497 e. The summed E-state index contributed by atoms with van der Waals surface area (Å²) >= 11 is 0. The topological polar surface area (TPSA) is 46.5 Å². The maximum Gasteiger partial charge on any atom is 0.227 e. The van der Waals surface area contributed by atoms with Gasteiger partial charge in [-0.2, -0.15) is 0 Å². The fourth-order valence-corrected chi connectivity index (χ4v) is 4.90. The lowest BCUT2D eigenvalue weighted by molar-refractivity contribution is -0.121. The van der Waals surface area contributed by atoms with Gasteiger partial charge in [0, 0.05) is 35.9 Å². The molecule has 3 aromatic carbocycles. The SMILES string of the molecule is COc1ccc(NC(=O)C2CCN(Cc3cc4ccccc4n3Cc3cccc(F)c3)CC2)cc1. The number of hydrogen-bond acceptors (Lipinski definition) is 3. The summed E-state index contributed by atoms with van der Waals surface area (Å²) in [7, 11) is 1.63. The zero-order chi connectivity index (χ0) is 24.2. The summed E-state index contributed by atoms with van der Waals surface area (Å²) in [4.78, 5) is 15.2. The van der Waals surface area contributed by atoms with Gasteiger partial charge in [0.05, 0.1) is 7.11 Å². The van der Waals surface area contributed by atoms with Crippen LogP contribution < -0.4 is 10.1 Å². The third-order valence-electron chi connectivity index (χ3n) is 6.83. The van der Waals surface area contributed by atoms with Gasteiger partial charge in [-0.15, -0.1) is 0 Å². The first-order valence-corrected chi connectivity index (χ1v) is 12.1. The van der Waals surface area contributed by atoms with Gasteiger partial charge in [-0.1, -0.05) is 30.3 Å². The van der Waals surface area contributed by atoms with Crippen molar-refractivity contribution in [2.24, 2.45) is 5.92 Å². The molecule has 1 N–H and O–H groups in total. The molecule has 2 heterocycles. The van der Waals surface area contributed by atoms with Crippen molar-refractivity contribution in [3.05, 3.63) is 95.9 Å². The molecule has 1 aliphatic heterocycles. The second-order valence-electron chi connectivity index (χ2n) is 9.18. The van der Waals surface area contributed by atoms with E-state index in [1.807, 2.05) is 42.5 Å². The Balaban J connectivity index is 1.24. The first kappa shape index (κ1) is 23.1. The number of nitrogens with zero attached hydrogens (tertiary/aromatic N) is 2. The highest BCUT2D eigenvalue weighted by atomic mass is 19.1. The van der Waals surface area contributed by atoms with Crippen molar-refractivity contribution in [2.45, 2.75) is 25.9 Å². The molecule has 5 nitrogen and oxygen atoms in total. The summed E-state index contributed by atoms with van der Waals surface area (Å²) < 4.78 is 21.3. The molecular weight excluding hydrogens is 441 g/mol. The highest BCUT2D eigenvalue weighted by Crippen LogP contribution is 2.26. The Kier molecular flexibility index (Phi) is 6.82. The highest BCUT2D eigenvalue weighted by molar-refractivity contribution is 5.92. The van der Waals surface area contributed by atoms with Crippen molar-refractivity contribution in [3.63, 3.8) is 0 Å². The summed E-state index contributed by atoms with van der Waals surface area (Å²) in [5.74, 6) is 0.642. The number of fused-ring (bicyclic) bond motifs is 1. The summed E-state index contributed by atoms with van der Waals surface area (Å²) in [5, 5.41) is 4.23. The van der Waals surface area contributed by atoms with Gasteiger partial charge in [0.2, 0.25) is 5.91 Å². The summed E-state index contributed by atoms with van der Waals surface area (Å²) in [6, 6.07) is 24.8. The Morgan fingerprint density at radius 2 is 1.74 bits per heavy atom. The van der Waals surface area contributed by atoms with Crippen molar-refractivity contribution in [1.29, 1.82) is 0 Å². The number of likely N-dealkylation sites (tertiary alicyclic amines) is 1. The smallest absolute Gasteiger partial charge is 0.227 e. The second kappa shape index (κ2) is 10.3. The lowest BCUT2D eigenvalue weighted by atomic mass is 9.95. The molecule has 1 saturated heterocycles. The molecule has 0 spiro atoms. The number of para-hydroxylation sites is 1. The number of nitrogens with one attached hydrogen (secondary N) is 1. The number of ether oxygens (including phenoxy) is 1. The second-order valence-corrected chi connectivity index (χ2v) is 9.18. The van der Waals surface area contributed by atoms with E-state index in [-0.39, 0.29) is 17.6 Å². The molecule has 6 heteroatoms. The average Bonchev–Trinajstić information content (AvgIpc) is 3.21. The number of amides is 1. The van der Waals surface area contributed by atoms with E-state index in [4.69, 9.17) is 4.74 Å². The van der Waals surface area contributed by atoms with Crippen LogP contribution in [0.4, 0.5) is 10.1 Å². The van der Waals surface area contributed by atoms with Crippen LogP contribution in [-0.4, -0.2) is 35.6 Å². The van der Waals surface area contributed by atoms with Gasteiger partial charge < -0.3 is 14.6 Å². The van der Waals surface area contributed by atoms with Crippen molar-refractivity contribution in [1.82, 2.24) is 9.47 Å². The van der Waals surface area contributed by atoms with Gasteiger partial charge in [-0.05, 0) is 85.4 Å². The number of methoxy groups -OCH3 is 1. The zero-order valence-electron chi connectivity index (χ0n) is 19.9. The van der Waals surface area contributed by atoms with Crippen LogP contribution in [0.5, 0.6) is 5.75 Å². The van der Waals surface area contributed by atoms with E-state index >= 15 is 0 Å². The number of halogens is 1. The molecular formula is C29H30FN3O2. The molecule has 1 amide bonds. The largest absolute Gasteiger partial charge is 0.497 e. The molecule has 1 aromatic heterocycles. The van der Waals surface area contributed by atoms with E-state index in [0.29, 0.717) is 6.54 Å². The fraction of sp³-hybridized carbons (Fsp3) is 0.276. The molecule has 0 atom stereocenters. The molecule has 4 aromatic rings. The number of carbonyl (C=O) groups excluding carboxylic acids is 1. The number of carbonyl (C=O) groups is 1. The van der Waals surface area contributed by atoms with Crippen molar-refractivity contribution < 1.29 is 13.9 Å². The zero-order valence-corrected chi connectivity index (χ0v) is 19.9. The number of hydrogen-bond donors (Lipinski definition) is 1. The van der Waals surface area contributed by atoms with E-state index in [9.17, 15) is 9.18 Å². The Hall–Kier alpha value is -3.64. The summed E-state index contributed by atoms with van der Waals surface area (Å²) in [6.07, 6.45) is 1.65. The number of rotatable bonds is 7. The Labute approximate surface area is 205 Å². The van der Waals surface area contributed by atoms with E-state index in [2.05, 4.69) is 33.0 Å². The van der Waals surface area contributed by atoms with Gasteiger partial charge in [0.25, 0.3) is 0 Å². The van der Waals surface area contributed by atoms with Crippen LogP contribution in [-0.2, 0) is 17.9 Å². The summed E-state index contributed by atoms with van der Waals surface area (Å²) in [5.41, 5.74) is 4.10. The van der Waals surface area contributed by atoms with Crippen LogP contribution in [0.1, 0.15) is 24.1 Å². The predicted octanol–water partition coefficient (Wildman–Crippen LogP) is 5.69. The number of piperidine rings is 1. The van der Waals surface area contributed by atoms with Crippen LogP contribution >= 0.6 is 0 Å². The van der Waals surface area contributed by atoms with Crippen LogP contribution in [0.3, 0.4) is 0 Å². The molecule has 0 saturated carbocycles. The van der Waals surface area contributed by atoms with E-state index in [1.165, 1.54) is 17.1 Å². The molecule has 0 aliphatic carbocycles. The van der Waals surface area contributed by atoms with Crippen molar-refractivity contribution in [3.8, 4) is 5.75 Å². The molecule has 35 heavy (non-hydrogen) atoms. The maximum absolute atomic E-state index is 13.8. The lowest BCUT2D eigenvalue weighted by Crippen LogP contribution is -2.38. The van der Waals surface area contributed by atoms with Crippen molar-refractivity contribution >= 4 is 22.5 Å². The fourth-order valence-electron chi connectivity index (χ4n) is 4.90. The minimum absolute atomic E-state index is 0.00602. The van der Waals surface area contributed by atoms with E-state index in [0.717, 1.165) is 55.0 Å². The molecule has 5 rings (SSSR count). The number of anilines is 1. The molecule has 0 bridgehead atoms. The molecule has 0 radical (unpaired) electrons. The monoisotopic (exact) mass is 471 g/mol. The predicted molar refractivity (Wildman–Crippen MR) is 137 cm³/mol. The Bertz CT molecular complexity index is 1310. The normalized spacial score (nSPS) is 14.8.